The first kappa shape index (κ1) is 23.3. The van der Waals surface area contributed by atoms with E-state index in [1.165, 1.54) is 11.1 Å². The summed E-state index contributed by atoms with van der Waals surface area (Å²) in [6.07, 6.45) is 3.12. The Morgan fingerprint density at radius 3 is 2.31 bits per heavy atom. The summed E-state index contributed by atoms with van der Waals surface area (Å²) in [5.74, 6) is 0.645. The van der Waals surface area contributed by atoms with Crippen molar-refractivity contribution < 1.29 is 4.79 Å². The van der Waals surface area contributed by atoms with Gasteiger partial charge in [-0.1, -0.05) is 80.9 Å². The number of benzene rings is 2. The molecule has 0 saturated carbocycles. The third kappa shape index (κ3) is 5.00. The molecule has 2 aromatic heterocycles. The van der Waals surface area contributed by atoms with Gasteiger partial charge in [0.25, 0.3) is 5.91 Å². The van der Waals surface area contributed by atoms with Gasteiger partial charge >= 0.3 is 0 Å². The van der Waals surface area contributed by atoms with Crippen LogP contribution in [-0.2, 0) is 11.8 Å². The molecule has 0 bridgehead atoms. The Labute approximate surface area is 207 Å². The van der Waals surface area contributed by atoms with Crippen LogP contribution in [-0.4, -0.2) is 38.5 Å². The van der Waals surface area contributed by atoms with E-state index in [2.05, 4.69) is 82.3 Å². The lowest BCUT2D eigenvalue weighted by molar-refractivity contribution is 0.0681. The maximum Gasteiger partial charge on any atom is 0.272 e. The summed E-state index contributed by atoms with van der Waals surface area (Å²) in [6, 6.07) is 22.9. The second-order valence-corrected chi connectivity index (χ2v) is 10.9. The average Bonchev–Trinajstić information content (AvgIpc) is 3.30. The lowest BCUT2D eigenvalue weighted by atomic mass is 9.90. The van der Waals surface area contributed by atoms with Crippen molar-refractivity contribution >= 4 is 11.6 Å². The minimum atomic E-state index is -0.131. The van der Waals surface area contributed by atoms with Gasteiger partial charge in [-0.3, -0.25) is 4.79 Å². The molecule has 0 N–H and O–H groups in total. The zero-order valence-electron chi connectivity index (χ0n) is 21.2. The van der Waals surface area contributed by atoms with Gasteiger partial charge in [0.1, 0.15) is 5.69 Å². The van der Waals surface area contributed by atoms with E-state index in [0.29, 0.717) is 11.6 Å². The highest BCUT2D eigenvalue weighted by atomic mass is 16.2. The molecule has 0 radical (unpaired) electrons. The quantitative estimate of drug-likeness (QED) is 0.365. The summed E-state index contributed by atoms with van der Waals surface area (Å²) in [5, 5.41) is 4.83. The predicted molar refractivity (Wildman–Crippen MR) is 141 cm³/mol. The Kier molecular flexibility index (Phi) is 6.18. The average molecular weight is 467 g/mol. The third-order valence-corrected chi connectivity index (χ3v) is 7.03. The Hall–Kier alpha value is -3.47. The van der Waals surface area contributed by atoms with Crippen LogP contribution in [0.5, 0.6) is 0 Å². The standard InChI is InChI=1S/C30H34N4O/c1-21-10-12-24(13-11-21)25-19-26(34-28(31-25)20-27(32-34)30(2,3)4)29(35)33-16-14-23(15-17-33)18-22-8-6-5-7-9-22/h5-13,19-20,23H,14-18H2,1-4H3. The summed E-state index contributed by atoms with van der Waals surface area (Å²) < 4.78 is 1.75. The maximum absolute atomic E-state index is 13.8. The highest BCUT2D eigenvalue weighted by Crippen LogP contribution is 2.27. The van der Waals surface area contributed by atoms with Crippen LogP contribution in [0.1, 0.15) is 60.9 Å². The van der Waals surface area contributed by atoms with Crippen molar-refractivity contribution in [2.45, 2.75) is 52.4 Å². The van der Waals surface area contributed by atoms with Crippen molar-refractivity contribution in [3.8, 4) is 11.3 Å². The number of aromatic nitrogens is 3. The predicted octanol–water partition coefficient (Wildman–Crippen LogP) is 6.10. The van der Waals surface area contributed by atoms with Gasteiger partial charge in [0.05, 0.1) is 11.4 Å². The number of rotatable bonds is 4. The van der Waals surface area contributed by atoms with Crippen molar-refractivity contribution in [3.05, 3.63) is 89.2 Å². The van der Waals surface area contributed by atoms with Crippen LogP contribution >= 0.6 is 0 Å². The van der Waals surface area contributed by atoms with E-state index in [9.17, 15) is 4.79 Å². The fourth-order valence-electron chi connectivity index (χ4n) is 4.82. The lowest BCUT2D eigenvalue weighted by Crippen LogP contribution is -2.39. The van der Waals surface area contributed by atoms with Gasteiger partial charge in [0.2, 0.25) is 0 Å². The largest absolute Gasteiger partial charge is 0.337 e. The molecule has 1 saturated heterocycles. The van der Waals surface area contributed by atoms with E-state index < -0.39 is 0 Å². The van der Waals surface area contributed by atoms with Gasteiger partial charge in [-0.25, -0.2) is 9.50 Å². The highest BCUT2D eigenvalue weighted by Gasteiger charge is 2.27. The van der Waals surface area contributed by atoms with Crippen molar-refractivity contribution in [2.24, 2.45) is 5.92 Å². The molecular formula is C30H34N4O. The van der Waals surface area contributed by atoms with Crippen LogP contribution in [0, 0.1) is 12.8 Å². The zero-order chi connectivity index (χ0) is 24.6. The van der Waals surface area contributed by atoms with Crippen molar-refractivity contribution in [3.63, 3.8) is 0 Å². The first-order chi connectivity index (χ1) is 16.8. The fraction of sp³-hybridized carbons (Fsp3) is 0.367. The monoisotopic (exact) mass is 466 g/mol. The molecule has 1 aliphatic rings. The topological polar surface area (TPSA) is 50.5 Å². The minimum absolute atomic E-state index is 0.0347. The summed E-state index contributed by atoms with van der Waals surface area (Å²) in [4.78, 5) is 20.7. The summed E-state index contributed by atoms with van der Waals surface area (Å²) >= 11 is 0. The Bertz CT molecular complexity index is 1320. The molecular weight excluding hydrogens is 432 g/mol. The third-order valence-electron chi connectivity index (χ3n) is 7.03. The Morgan fingerprint density at radius 1 is 0.971 bits per heavy atom. The van der Waals surface area contributed by atoms with Crippen LogP contribution in [0.3, 0.4) is 0 Å². The van der Waals surface area contributed by atoms with Crippen LogP contribution in [0.25, 0.3) is 16.9 Å². The molecule has 1 fully saturated rings. The van der Waals surface area contributed by atoms with Gasteiger partial charge in [0, 0.05) is 30.1 Å². The molecule has 5 heteroatoms. The Morgan fingerprint density at radius 2 is 1.66 bits per heavy atom. The summed E-state index contributed by atoms with van der Waals surface area (Å²) in [6.45, 7) is 10.0. The van der Waals surface area contributed by atoms with E-state index >= 15 is 0 Å². The molecule has 0 aliphatic carbocycles. The normalized spacial score (nSPS) is 15.0. The van der Waals surface area contributed by atoms with E-state index in [4.69, 9.17) is 10.1 Å². The molecule has 4 aromatic rings. The number of piperidine rings is 1. The van der Waals surface area contributed by atoms with Gasteiger partial charge in [-0.2, -0.15) is 5.10 Å². The van der Waals surface area contributed by atoms with Gasteiger partial charge in [0.15, 0.2) is 5.65 Å². The van der Waals surface area contributed by atoms with E-state index in [0.717, 1.165) is 55.0 Å². The lowest BCUT2D eigenvalue weighted by Gasteiger charge is -2.32. The number of hydrogen-bond acceptors (Lipinski definition) is 3. The highest BCUT2D eigenvalue weighted by molar-refractivity contribution is 5.94. The van der Waals surface area contributed by atoms with Gasteiger partial charge < -0.3 is 4.90 Å². The number of amides is 1. The van der Waals surface area contributed by atoms with Gasteiger partial charge in [-0.15, -0.1) is 0 Å². The number of nitrogens with zero attached hydrogens (tertiary/aromatic N) is 4. The van der Waals surface area contributed by atoms with Crippen LogP contribution in [0.2, 0.25) is 0 Å². The Balaban J connectivity index is 1.44. The maximum atomic E-state index is 13.8. The van der Waals surface area contributed by atoms with E-state index in [1.54, 1.807) is 4.52 Å². The van der Waals surface area contributed by atoms with Crippen molar-refractivity contribution in [1.29, 1.82) is 0 Å². The smallest absolute Gasteiger partial charge is 0.272 e. The van der Waals surface area contributed by atoms with E-state index in [-0.39, 0.29) is 11.3 Å². The number of carbonyl (C=O) groups is 1. The van der Waals surface area contributed by atoms with E-state index in [1.807, 2.05) is 17.0 Å². The zero-order valence-corrected chi connectivity index (χ0v) is 21.2. The van der Waals surface area contributed by atoms with Crippen LogP contribution < -0.4 is 0 Å². The first-order valence-corrected chi connectivity index (χ1v) is 12.6. The van der Waals surface area contributed by atoms with Crippen molar-refractivity contribution in [1.82, 2.24) is 19.5 Å². The van der Waals surface area contributed by atoms with Gasteiger partial charge in [-0.05, 0) is 43.7 Å². The van der Waals surface area contributed by atoms with Crippen LogP contribution in [0.15, 0.2) is 66.7 Å². The minimum Gasteiger partial charge on any atom is -0.337 e. The molecule has 3 heterocycles. The second kappa shape index (κ2) is 9.29. The molecule has 1 aliphatic heterocycles. The number of fused-ring (bicyclic) bond motifs is 1. The number of carbonyl (C=O) groups excluding carboxylic acids is 1. The first-order valence-electron chi connectivity index (χ1n) is 12.6. The van der Waals surface area contributed by atoms with Crippen LogP contribution in [0.4, 0.5) is 0 Å². The SMILES string of the molecule is Cc1ccc(-c2cc(C(=O)N3CCC(Cc4ccccc4)CC3)n3nc(C(C)(C)C)cc3n2)cc1. The molecule has 180 valence electrons. The number of aryl methyl sites for hydroxylation is 1. The fourth-order valence-corrected chi connectivity index (χ4v) is 4.82. The summed E-state index contributed by atoms with van der Waals surface area (Å²) in [5.41, 5.74) is 6.49. The van der Waals surface area contributed by atoms with Crippen molar-refractivity contribution in [2.75, 3.05) is 13.1 Å². The molecule has 1 amide bonds. The molecule has 5 rings (SSSR count). The molecule has 0 atom stereocenters. The number of likely N-dealkylation sites (tertiary alicyclic amines) is 1. The second-order valence-electron chi connectivity index (χ2n) is 10.9. The molecule has 2 aromatic carbocycles. The molecule has 0 unspecified atom stereocenters. The number of hydrogen-bond donors (Lipinski definition) is 0. The molecule has 0 spiro atoms. The molecule has 5 nitrogen and oxygen atoms in total. The molecule has 35 heavy (non-hydrogen) atoms. The summed E-state index contributed by atoms with van der Waals surface area (Å²) in [7, 11) is 0.